The highest BCUT2D eigenvalue weighted by atomic mass is 19.1. The number of imide groups is 1. The third kappa shape index (κ3) is 5.31. The molecule has 3 heterocycles. The number of piperidine rings is 3. The zero-order chi connectivity index (χ0) is 23.8. The number of rotatable bonds is 2. The van der Waals surface area contributed by atoms with Crippen molar-refractivity contribution in [2.75, 3.05) is 31.1 Å². The topological polar surface area (TPSA) is 79.0 Å². The Hall–Kier alpha value is -2.64. The lowest BCUT2D eigenvalue weighted by Crippen LogP contribution is -2.49. The highest BCUT2D eigenvalue weighted by Crippen LogP contribution is 2.42. The molecule has 0 radical (unpaired) electrons. The minimum atomic E-state index is -0.614. The van der Waals surface area contributed by atoms with Gasteiger partial charge in [0.1, 0.15) is 11.4 Å². The van der Waals surface area contributed by atoms with Gasteiger partial charge in [-0.05, 0) is 70.4 Å². The van der Waals surface area contributed by atoms with Gasteiger partial charge in [0.25, 0.3) is 0 Å². The first-order chi connectivity index (χ1) is 15.6. The van der Waals surface area contributed by atoms with Crippen LogP contribution in [0.2, 0.25) is 0 Å². The second-order valence-electron chi connectivity index (χ2n) is 10.7. The summed E-state index contributed by atoms with van der Waals surface area (Å²) in [5, 5.41) is 2.30. The summed E-state index contributed by atoms with van der Waals surface area (Å²) in [6, 6.07) is 5.09. The average Bonchev–Trinajstić information content (AvgIpc) is 2.74. The molecule has 3 saturated heterocycles. The van der Waals surface area contributed by atoms with E-state index < -0.39 is 23.2 Å². The average molecular weight is 460 g/mol. The van der Waals surface area contributed by atoms with Crippen molar-refractivity contribution in [3.63, 3.8) is 0 Å². The largest absolute Gasteiger partial charge is 0.444 e. The van der Waals surface area contributed by atoms with E-state index in [1.165, 1.54) is 6.07 Å². The Kier molecular flexibility index (Phi) is 6.38. The number of benzene rings is 1. The van der Waals surface area contributed by atoms with Crippen LogP contribution >= 0.6 is 0 Å². The first-order valence-corrected chi connectivity index (χ1v) is 11.9. The Morgan fingerprint density at radius 1 is 1.09 bits per heavy atom. The molecule has 1 aromatic rings. The third-order valence-corrected chi connectivity index (χ3v) is 7.26. The predicted octanol–water partition coefficient (Wildman–Crippen LogP) is 3.96. The van der Waals surface area contributed by atoms with E-state index in [-0.39, 0.29) is 23.8 Å². The Labute approximate surface area is 194 Å². The summed E-state index contributed by atoms with van der Waals surface area (Å²) in [4.78, 5) is 39.8. The Morgan fingerprint density at radius 2 is 1.73 bits per heavy atom. The molecule has 0 saturated carbocycles. The van der Waals surface area contributed by atoms with Gasteiger partial charge in [0.05, 0.1) is 5.92 Å². The number of carbonyl (C=O) groups excluding carboxylic acids is 3. The summed E-state index contributed by atoms with van der Waals surface area (Å²) >= 11 is 0. The van der Waals surface area contributed by atoms with Gasteiger partial charge in [-0.2, -0.15) is 0 Å². The normalized spacial score (nSPS) is 23.5. The van der Waals surface area contributed by atoms with Crippen molar-refractivity contribution in [1.29, 1.82) is 0 Å². The van der Waals surface area contributed by atoms with Gasteiger partial charge < -0.3 is 14.5 Å². The lowest BCUT2D eigenvalue weighted by Gasteiger charge is -2.47. The first kappa shape index (κ1) is 23.5. The van der Waals surface area contributed by atoms with Gasteiger partial charge in [-0.15, -0.1) is 0 Å². The molecule has 3 fully saturated rings. The fourth-order valence-electron chi connectivity index (χ4n) is 5.22. The van der Waals surface area contributed by atoms with Crippen molar-refractivity contribution < 1.29 is 23.5 Å². The van der Waals surface area contributed by atoms with Crippen molar-refractivity contribution in [3.8, 4) is 0 Å². The minimum Gasteiger partial charge on any atom is -0.444 e. The van der Waals surface area contributed by atoms with Crippen LogP contribution in [0.25, 0.3) is 0 Å². The molecule has 3 aliphatic heterocycles. The Morgan fingerprint density at radius 3 is 2.30 bits per heavy atom. The number of carbonyl (C=O) groups is 3. The van der Waals surface area contributed by atoms with E-state index in [1.54, 1.807) is 6.07 Å². The van der Waals surface area contributed by atoms with Gasteiger partial charge in [-0.1, -0.05) is 6.07 Å². The molecule has 1 aromatic carbocycles. The summed E-state index contributed by atoms with van der Waals surface area (Å²) in [5.41, 5.74) is 0.914. The highest BCUT2D eigenvalue weighted by Gasteiger charge is 2.39. The number of likely N-dealkylation sites (tertiary alicyclic amines) is 1. The van der Waals surface area contributed by atoms with Gasteiger partial charge in [-0.25, -0.2) is 9.18 Å². The molecule has 33 heavy (non-hydrogen) atoms. The fourth-order valence-corrected chi connectivity index (χ4v) is 5.22. The molecule has 180 valence electrons. The van der Waals surface area contributed by atoms with Crippen LogP contribution < -0.4 is 10.2 Å². The molecular formula is C25H34FN3O4. The molecule has 8 heteroatoms. The number of nitrogens with zero attached hydrogens (tertiary/aromatic N) is 2. The summed E-state index contributed by atoms with van der Waals surface area (Å²) in [6.45, 7) is 8.74. The van der Waals surface area contributed by atoms with Gasteiger partial charge in [0, 0.05) is 43.9 Å². The molecule has 4 rings (SSSR count). The van der Waals surface area contributed by atoms with Crippen molar-refractivity contribution in [2.24, 2.45) is 5.41 Å². The molecular weight excluding hydrogens is 425 g/mol. The third-order valence-electron chi connectivity index (χ3n) is 7.26. The molecule has 0 aliphatic carbocycles. The van der Waals surface area contributed by atoms with E-state index in [0.717, 1.165) is 44.5 Å². The minimum absolute atomic E-state index is 0.222. The standard InChI is InChI=1S/C25H34FN3O4/c1-24(2,3)33-23(32)29-14-10-25(11-15-29)8-12-28(13-9-25)17-4-5-18(20(26)16-17)19-6-7-21(30)27-22(19)31/h4-5,16,19H,6-15H2,1-3H3,(H,27,30,31). The van der Waals surface area contributed by atoms with Crippen molar-refractivity contribution in [2.45, 2.75) is 70.8 Å². The number of nitrogens with one attached hydrogen (secondary N) is 1. The van der Waals surface area contributed by atoms with E-state index >= 15 is 0 Å². The van der Waals surface area contributed by atoms with E-state index in [2.05, 4.69) is 10.2 Å². The zero-order valence-electron chi connectivity index (χ0n) is 19.8. The summed E-state index contributed by atoms with van der Waals surface area (Å²) < 4.78 is 20.4. The van der Waals surface area contributed by atoms with E-state index in [4.69, 9.17) is 4.74 Å². The molecule has 1 unspecified atom stereocenters. The van der Waals surface area contributed by atoms with Crippen LogP contribution in [0.1, 0.15) is 70.8 Å². The fraction of sp³-hybridized carbons (Fsp3) is 0.640. The smallest absolute Gasteiger partial charge is 0.410 e. The number of hydrogen-bond acceptors (Lipinski definition) is 5. The van der Waals surface area contributed by atoms with Crippen LogP contribution in [0.4, 0.5) is 14.9 Å². The Bertz CT molecular complexity index is 924. The predicted molar refractivity (Wildman–Crippen MR) is 122 cm³/mol. The van der Waals surface area contributed by atoms with Crippen LogP contribution in [-0.4, -0.2) is 54.6 Å². The monoisotopic (exact) mass is 459 g/mol. The van der Waals surface area contributed by atoms with Gasteiger partial charge in [0.15, 0.2) is 0 Å². The highest BCUT2D eigenvalue weighted by molar-refractivity contribution is 6.01. The number of halogens is 1. The van der Waals surface area contributed by atoms with E-state index in [1.807, 2.05) is 31.7 Å². The lowest BCUT2D eigenvalue weighted by molar-refractivity contribution is -0.134. The van der Waals surface area contributed by atoms with Crippen LogP contribution in [0.5, 0.6) is 0 Å². The number of amides is 3. The van der Waals surface area contributed by atoms with E-state index in [0.29, 0.717) is 25.1 Å². The molecule has 3 aliphatic rings. The number of hydrogen-bond donors (Lipinski definition) is 1. The molecule has 1 spiro atoms. The maximum atomic E-state index is 14.9. The quantitative estimate of drug-likeness (QED) is 0.678. The first-order valence-electron chi connectivity index (χ1n) is 11.9. The molecule has 1 N–H and O–H groups in total. The maximum Gasteiger partial charge on any atom is 0.410 e. The SMILES string of the molecule is CC(C)(C)OC(=O)N1CCC2(CC1)CCN(c1ccc(C3CCC(=O)NC3=O)c(F)c1)CC2. The van der Waals surface area contributed by atoms with Gasteiger partial charge in [0.2, 0.25) is 11.8 Å². The van der Waals surface area contributed by atoms with Crippen LogP contribution in [0.15, 0.2) is 18.2 Å². The van der Waals surface area contributed by atoms with Crippen molar-refractivity contribution in [3.05, 3.63) is 29.6 Å². The molecule has 7 nitrogen and oxygen atoms in total. The Balaban J connectivity index is 1.33. The summed E-state index contributed by atoms with van der Waals surface area (Å²) in [6.07, 6.45) is 4.27. The van der Waals surface area contributed by atoms with Crippen LogP contribution in [-0.2, 0) is 14.3 Å². The van der Waals surface area contributed by atoms with E-state index in [9.17, 15) is 18.8 Å². The lowest BCUT2D eigenvalue weighted by atomic mass is 9.71. The zero-order valence-corrected chi connectivity index (χ0v) is 19.8. The molecule has 3 amide bonds. The second-order valence-corrected chi connectivity index (χ2v) is 10.7. The number of ether oxygens (including phenoxy) is 1. The second kappa shape index (κ2) is 8.95. The van der Waals surface area contributed by atoms with Crippen LogP contribution in [0, 0.1) is 11.2 Å². The molecule has 0 bridgehead atoms. The van der Waals surface area contributed by atoms with Crippen molar-refractivity contribution >= 4 is 23.6 Å². The summed E-state index contributed by atoms with van der Waals surface area (Å²) in [7, 11) is 0. The summed E-state index contributed by atoms with van der Waals surface area (Å²) in [5.74, 6) is -1.73. The van der Waals surface area contributed by atoms with Crippen molar-refractivity contribution in [1.82, 2.24) is 10.2 Å². The van der Waals surface area contributed by atoms with Gasteiger partial charge >= 0.3 is 6.09 Å². The van der Waals surface area contributed by atoms with Crippen LogP contribution in [0.3, 0.4) is 0 Å². The number of anilines is 1. The van der Waals surface area contributed by atoms with Gasteiger partial charge in [-0.3, -0.25) is 14.9 Å². The molecule has 0 aromatic heterocycles. The maximum absolute atomic E-state index is 14.9. The molecule has 1 atom stereocenters.